The Labute approximate surface area is 202 Å². The lowest BCUT2D eigenvalue weighted by Crippen LogP contribution is -2.55. The van der Waals surface area contributed by atoms with Gasteiger partial charge < -0.3 is 14.9 Å². The molecule has 3 nitrogen and oxygen atoms in total. The zero-order valence-electron chi connectivity index (χ0n) is 22.4. The number of ether oxygens (including phenoxy) is 1. The predicted molar refractivity (Wildman–Crippen MR) is 133 cm³/mol. The Morgan fingerprint density at radius 2 is 1.58 bits per heavy atom. The van der Waals surface area contributed by atoms with Crippen molar-refractivity contribution in [3.63, 3.8) is 0 Å². The summed E-state index contributed by atoms with van der Waals surface area (Å²) < 4.78 is 6.18. The second kappa shape index (κ2) is 7.81. The number of hydrogen-bond acceptors (Lipinski definition) is 3. The van der Waals surface area contributed by atoms with Crippen LogP contribution in [0, 0.1) is 45.3 Å². The van der Waals surface area contributed by atoms with Crippen molar-refractivity contribution in [2.75, 3.05) is 0 Å². The molecule has 0 radical (unpaired) electrons. The average Bonchev–Trinajstić information content (AvgIpc) is 3.04. The van der Waals surface area contributed by atoms with Gasteiger partial charge in [-0.05, 0) is 104 Å². The molecule has 5 aliphatic rings. The average molecular weight is 459 g/mol. The number of rotatable bonds is 2. The van der Waals surface area contributed by atoms with E-state index >= 15 is 0 Å². The molecule has 33 heavy (non-hydrogen) atoms. The quantitative estimate of drug-likeness (QED) is 0.444. The smallest absolute Gasteiger partial charge is 0.157 e. The van der Waals surface area contributed by atoms with Gasteiger partial charge >= 0.3 is 0 Å². The number of aliphatic hydroxyl groups excluding tert-OH is 2. The topological polar surface area (TPSA) is 49.7 Å². The van der Waals surface area contributed by atoms with E-state index in [-0.39, 0.29) is 34.4 Å². The molecule has 0 aromatic rings. The van der Waals surface area contributed by atoms with Crippen molar-refractivity contribution in [2.45, 2.75) is 131 Å². The Morgan fingerprint density at radius 3 is 2.27 bits per heavy atom. The lowest BCUT2D eigenvalue weighted by atomic mass is 9.43. The number of aliphatic hydroxyl groups is 2. The normalized spacial score (nSPS) is 52.6. The maximum Gasteiger partial charge on any atom is 0.157 e. The van der Waals surface area contributed by atoms with Crippen molar-refractivity contribution in [3.8, 4) is 0 Å². The summed E-state index contributed by atoms with van der Waals surface area (Å²) in [6.45, 7) is 17.0. The third-order valence-electron chi connectivity index (χ3n) is 12.7. The minimum absolute atomic E-state index is 0.0101. The molecule has 3 fully saturated rings. The molecular weight excluding hydrogens is 408 g/mol. The van der Waals surface area contributed by atoms with E-state index in [4.69, 9.17) is 4.74 Å². The van der Waals surface area contributed by atoms with Crippen LogP contribution in [-0.4, -0.2) is 28.7 Å². The fourth-order valence-corrected chi connectivity index (χ4v) is 10.2. The second-order valence-corrected chi connectivity index (χ2v) is 14.2. The van der Waals surface area contributed by atoms with Crippen LogP contribution in [0.5, 0.6) is 0 Å². The lowest BCUT2D eigenvalue weighted by molar-refractivity contribution is -0.209. The van der Waals surface area contributed by atoms with Crippen molar-refractivity contribution in [3.05, 3.63) is 11.1 Å². The van der Waals surface area contributed by atoms with Gasteiger partial charge in [-0.1, -0.05) is 59.6 Å². The fraction of sp³-hybridized carbons (Fsp3) is 0.933. The van der Waals surface area contributed by atoms with Crippen molar-refractivity contribution in [2.24, 2.45) is 45.3 Å². The van der Waals surface area contributed by atoms with Crippen LogP contribution < -0.4 is 0 Å². The Balaban J connectivity index is 1.46. The Hall–Kier alpha value is -0.380. The van der Waals surface area contributed by atoms with Gasteiger partial charge in [-0.2, -0.15) is 0 Å². The van der Waals surface area contributed by atoms with Crippen molar-refractivity contribution >= 4 is 0 Å². The molecule has 1 saturated heterocycles. The highest BCUT2D eigenvalue weighted by atomic mass is 16.6. The van der Waals surface area contributed by atoms with Crippen molar-refractivity contribution < 1.29 is 14.9 Å². The van der Waals surface area contributed by atoms with Gasteiger partial charge in [-0.25, -0.2) is 0 Å². The Bertz CT molecular complexity index is 815. The maximum atomic E-state index is 10.8. The van der Waals surface area contributed by atoms with E-state index in [0.29, 0.717) is 23.2 Å². The maximum absolute atomic E-state index is 10.8. The summed E-state index contributed by atoms with van der Waals surface area (Å²) in [5.74, 6) is 2.01. The summed E-state index contributed by atoms with van der Waals surface area (Å²) >= 11 is 0. The Kier molecular flexibility index (Phi) is 5.75. The highest BCUT2D eigenvalue weighted by molar-refractivity contribution is 5.38. The van der Waals surface area contributed by atoms with E-state index in [9.17, 15) is 10.2 Å². The summed E-state index contributed by atoms with van der Waals surface area (Å²) in [4.78, 5) is 0. The minimum atomic E-state index is -0.590. The van der Waals surface area contributed by atoms with Crippen LogP contribution >= 0.6 is 0 Å². The first-order valence-electron chi connectivity index (χ1n) is 14.1. The van der Waals surface area contributed by atoms with Crippen molar-refractivity contribution in [1.29, 1.82) is 0 Å². The molecule has 0 spiro atoms. The van der Waals surface area contributed by atoms with E-state index in [0.717, 1.165) is 25.7 Å². The summed E-state index contributed by atoms with van der Waals surface area (Å²) in [7, 11) is 0. The van der Waals surface area contributed by atoms with Crippen LogP contribution in [0.1, 0.15) is 113 Å². The molecule has 0 amide bonds. The van der Waals surface area contributed by atoms with Gasteiger partial charge in [0.2, 0.25) is 0 Å². The fourth-order valence-electron chi connectivity index (χ4n) is 10.2. The third-order valence-corrected chi connectivity index (χ3v) is 12.7. The Morgan fingerprint density at radius 1 is 0.848 bits per heavy atom. The van der Waals surface area contributed by atoms with E-state index in [1.807, 2.05) is 5.57 Å². The van der Waals surface area contributed by atoms with E-state index in [2.05, 4.69) is 48.5 Å². The van der Waals surface area contributed by atoms with E-state index in [1.54, 1.807) is 5.57 Å². The molecule has 10 atom stereocenters. The third kappa shape index (κ3) is 3.23. The van der Waals surface area contributed by atoms with Gasteiger partial charge in [0.15, 0.2) is 6.29 Å². The highest BCUT2D eigenvalue weighted by Gasteiger charge is 2.63. The van der Waals surface area contributed by atoms with E-state index in [1.165, 1.54) is 38.5 Å². The molecule has 2 saturated carbocycles. The molecule has 5 rings (SSSR count). The molecule has 1 aliphatic heterocycles. The zero-order valence-corrected chi connectivity index (χ0v) is 22.4. The molecule has 3 heteroatoms. The van der Waals surface area contributed by atoms with Gasteiger partial charge in [0.1, 0.15) is 0 Å². The predicted octanol–water partition coefficient (Wildman–Crippen LogP) is 6.87. The lowest BCUT2D eigenvalue weighted by Gasteiger charge is -2.62. The van der Waals surface area contributed by atoms with Crippen LogP contribution in [0.4, 0.5) is 0 Å². The van der Waals surface area contributed by atoms with E-state index < -0.39 is 6.29 Å². The minimum Gasteiger partial charge on any atom is -0.393 e. The summed E-state index contributed by atoms with van der Waals surface area (Å²) in [5.41, 5.74) is 4.48. The zero-order chi connectivity index (χ0) is 24.0. The van der Waals surface area contributed by atoms with Gasteiger partial charge in [-0.15, -0.1) is 0 Å². The van der Waals surface area contributed by atoms with Gasteiger partial charge in [0.25, 0.3) is 0 Å². The van der Waals surface area contributed by atoms with Crippen LogP contribution in [0.3, 0.4) is 0 Å². The first-order chi connectivity index (χ1) is 15.4. The largest absolute Gasteiger partial charge is 0.393 e. The van der Waals surface area contributed by atoms with Crippen LogP contribution in [-0.2, 0) is 4.74 Å². The van der Waals surface area contributed by atoms with Crippen LogP contribution in [0.15, 0.2) is 11.1 Å². The van der Waals surface area contributed by atoms with Crippen LogP contribution in [0.25, 0.3) is 0 Å². The van der Waals surface area contributed by atoms with Gasteiger partial charge in [0.05, 0.1) is 12.2 Å². The highest BCUT2D eigenvalue weighted by Crippen LogP contribution is 2.72. The summed E-state index contributed by atoms with van der Waals surface area (Å²) in [6, 6.07) is 0. The summed E-state index contributed by atoms with van der Waals surface area (Å²) in [5, 5.41) is 21.2. The number of fused-ring (bicyclic) bond motifs is 4. The molecule has 1 heterocycles. The van der Waals surface area contributed by atoms with Crippen LogP contribution in [0.2, 0.25) is 0 Å². The standard InChI is InChI=1S/C30H50O3/c1-18-8-10-23(33-26(18)32)19(2)20-12-16-30(7)22-9-11-24-27(3,4)25(31)14-15-28(24,5)21(22)13-17-29(20,30)6/h18-20,23-26,31-32H,8-17H2,1-7H3/t18-,19+,20-,23+,24+,25-,26?,28-,29-,30+/m1/s1. The molecule has 0 bridgehead atoms. The number of hydrogen-bond donors (Lipinski definition) is 2. The monoisotopic (exact) mass is 458 g/mol. The molecule has 1 unspecified atom stereocenters. The van der Waals surface area contributed by atoms with Crippen molar-refractivity contribution in [1.82, 2.24) is 0 Å². The first kappa shape index (κ1) is 24.3. The SMILES string of the molecule is C[C@H]([C@@H]1CC[C@@H](C)C(O)O1)[C@H]1CC[C@@]2(C)C3=C(CC[C@]12C)[C@@]1(C)CC[C@@H](O)C(C)(C)[C@@H]1CC3. The molecule has 0 aromatic heterocycles. The second-order valence-electron chi connectivity index (χ2n) is 14.2. The molecule has 2 N–H and O–H groups in total. The molecular formula is C30H50O3. The number of allylic oxidation sites excluding steroid dienone is 2. The van der Waals surface area contributed by atoms with Gasteiger partial charge in [0, 0.05) is 5.92 Å². The molecule has 4 aliphatic carbocycles. The molecule has 0 aromatic carbocycles. The summed E-state index contributed by atoms with van der Waals surface area (Å²) in [6.07, 6.45) is 11.3. The first-order valence-corrected chi connectivity index (χ1v) is 14.1. The van der Waals surface area contributed by atoms with Gasteiger partial charge in [-0.3, -0.25) is 0 Å². The molecule has 188 valence electrons.